The second-order valence-electron chi connectivity index (χ2n) is 4.69. The van der Waals surface area contributed by atoms with E-state index in [0.29, 0.717) is 0 Å². The number of thiol groups is 1. The zero-order valence-corrected chi connectivity index (χ0v) is 10.6. The van der Waals surface area contributed by atoms with Gasteiger partial charge in [-0.15, -0.1) is 12.6 Å². The first-order valence-corrected chi connectivity index (χ1v) is 6.65. The van der Waals surface area contributed by atoms with E-state index in [-0.39, 0.29) is 0 Å². The molecule has 0 spiro atoms. The van der Waals surface area contributed by atoms with Crippen LogP contribution in [-0.2, 0) is 11.3 Å². The van der Waals surface area contributed by atoms with E-state index in [0.717, 1.165) is 24.0 Å². The third-order valence-corrected chi connectivity index (χ3v) is 3.54. The summed E-state index contributed by atoms with van der Waals surface area (Å²) in [6, 6.07) is 8.19. The highest BCUT2D eigenvalue weighted by molar-refractivity contribution is 7.80. The van der Waals surface area contributed by atoms with Gasteiger partial charge in [0.2, 0.25) is 0 Å². The quantitative estimate of drug-likeness (QED) is 0.775. The summed E-state index contributed by atoms with van der Waals surface area (Å²) >= 11 is 4.32. The van der Waals surface area contributed by atoms with E-state index >= 15 is 0 Å². The molecular weight excluding hydrogens is 216 g/mol. The maximum Gasteiger partial charge on any atom is 0.0717 e. The second-order valence-corrected chi connectivity index (χ2v) is 5.21. The highest BCUT2D eigenvalue weighted by Gasteiger charge is 2.13. The molecule has 0 bridgehead atoms. The molecule has 1 aliphatic carbocycles. The van der Waals surface area contributed by atoms with Gasteiger partial charge in [-0.3, -0.25) is 0 Å². The van der Waals surface area contributed by atoms with E-state index in [1.54, 1.807) is 0 Å². The molecule has 16 heavy (non-hydrogen) atoms. The lowest BCUT2D eigenvalue weighted by atomic mass is 9.90. The van der Waals surface area contributed by atoms with Crippen LogP contribution in [0.15, 0.2) is 29.2 Å². The lowest BCUT2D eigenvalue weighted by Gasteiger charge is -2.21. The Balaban J connectivity index is 1.71. The Labute approximate surface area is 104 Å². The topological polar surface area (TPSA) is 9.23 Å². The van der Waals surface area contributed by atoms with Crippen LogP contribution in [0.25, 0.3) is 0 Å². The molecule has 0 atom stereocenters. The summed E-state index contributed by atoms with van der Waals surface area (Å²) in [6.07, 6.45) is 6.90. The number of hydrogen-bond acceptors (Lipinski definition) is 2. The normalized spacial score (nSPS) is 17.6. The SMILES string of the molecule is Sc1cccc(COCC2CCCCC2)c1. The van der Waals surface area contributed by atoms with Crippen molar-refractivity contribution in [1.29, 1.82) is 0 Å². The van der Waals surface area contributed by atoms with Crippen LogP contribution in [0.5, 0.6) is 0 Å². The Morgan fingerprint density at radius 3 is 2.75 bits per heavy atom. The summed E-state index contributed by atoms with van der Waals surface area (Å²) in [6.45, 7) is 1.65. The molecule has 0 unspecified atom stereocenters. The molecule has 1 aromatic carbocycles. The fourth-order valence-electron chi connectivity index (χ4n) is 2.34. The minimum atomic E-state index is 0.727. The summed E-state index contributed by atoms with van der Waals surface area (Å²) in [5.74, 6) is 0.799. The largest absolute Gasteiger partial charge is 0.376 e. The predicted molar refractivity (Wildman–Crippen MR) is 69.9 cm³/mol. The van der Waals surface area contributed by atoms with Crippen LogP contribution < -0.4 is 0 Å². The molecule has 0 radical (unpaired) electrons. The van der Waals surface area contributed by atoms with Crippen LogP contribution in [-0.4, -0.2) is 6.61 Å². The zero-order chi connectivity index (χ0) is 11.2. The van der Waals surface area contributed by atoms with Crippen molar-refractivity contribution in [2.45, 2.75) is 43.6 Å². The highest BCUT2D eigenvalue weighted by atomic mass is 32.1. The molecule has 1 aromatic rings. The predicted octanol–water partition coefficient (Wildman–Crippen LogP) is 4.07. The van der Waals surface area contributed by atoms with Gasteiger partial charge >= 0.3 is 0 Å². The Bertz CT molecular complexity index is 318. The van der Waals surface area contributed by atoms with E-state index in [4.69, 9.17) is 4.74 Å². The van der Waals surface area contributed by atoms with Crippen molar-refractivity contribution in [1.82, 2.24) is 0 Å². The minimum absolute atomic E-state index is 0.727. The number of rotatable bonds is 4. The molecule has 0 amide bonds. The van der Waals surface area contributed by atoms with Crippen molar-refractivity contribution >= 4 is 12.6 Å². The first-order valence-electron chi connectivity index (χ1n) is 6.20. The van der Waals surface area contributed by atoms with Crippen LogP contribution in [0.4, 0.5) is 0 Å². The molecule has 0 N–H and O–H groups in total. The minimum Gasteiger partial charge on any atom is -0.376 e. The maximum absolute atomic E-state index is 5.78. The average molecular weight is 236 g/mol. The number of benzene rings is 1. The second kappa shape index (κ2) is 6.31. The van der Waals surface area contributed by atoms with E-state index in [1.165, 1.54) is 37.7 Å². The Kier molecular flexibility index (Phi) is 4.73. The summed E-state index contributed by atoms with van der Waals surface area (Å²) in [5.41, 5.74) is 1.23. The summed E-state index contributed by atoms with van der Waals surface area (Å²) in [5, 5.41) is 0. The van der Waals surface area contributed by atoms with Crippen LogP contribution in [0.1, 0.15) is 37.7 Å². The summed E-state index contributed by atoms with van der Waals surface area (Å²) in [4.78, 5) is 1.01. The standard InChI is InChI=1S/C14H20OS/c16-14-8-4-7-13(9-14)11-15-10-12-5-2-1-3-6-12/h4,7-9,12,16H,1-3,5-6,10-11H2. The van der Waals surface area contributed by atoms with Crippen LogP contribution in [0, 0.1) is 5.92 Å². The highest BCUT2D eigenvalue weighted by Crippen LogP contribution is 2.24. The van der Waals surface area contributed by atoms with Gasteiger partial charge in [0.25, 0.3) is 0 Å². The van der Waals surface area contributed by atoms with Gasteiger partial charge in [-0.1, -0.05) is 31.4 Å². The van der Waals surface area contributed by atoms with Gasteiger partial charge in [-0.05, 0) is 36.5 Å². The molecule has 1 saturated carbocycles. The van der Waals surface area contributed by atoms with E-state index < -0.39 is 0 Å². The molecule has 88 valence electrons. The van der Waals surface area contributed by atoms with Crippen molar-refractivity contribution in [3.05, 3.63) is 29.8 Å². The fraction of sp³-hybridized carbons (Fsp3) is 0.571. The van der Waals surface area contributed by atoms with Gasteiger partial charge < -0.3 is 4.74 Å². The fourth-order valence-corrected chi connectivity index (χ4v) is 2.60. The van der Waals surface area contributed by atoms with Crippen LogP contribution >= 0.6 is 12.6 Å². The number of ether oxygens (including phenoxy) is 1. The molecule has 2 heteroatoms. The number of hydrogen-bond donors (Lipinski definition) is 1. The summed E-state index contributed by atoms with van der Waals surface area (Å²) < 4.78 is 5.78. The Hall–Kier alpha value is -0.470. The van der Waals surface area contributed by atoms with Gasteiger partial charge in [0, 0.05) is 11.5 Å². The third-order valence-electron chi connectivity index (χ3n) is 3.26. The van der Waals surface area contributed by atoms with E-state index in [1.807, 2.05) is 12.1 Å². The van der Waals surface area contributed by atoms with Gasteiger partial charge in [0.1, 0.15) is 0 Å². The first-order chi connectivity index (χ1) is 7.84. The van der Waals surface area contributed by atoms with Crippen molar-refractivity contribution in [3.63, 3.8) is 0 Å². The van der Waals surface area contributed by atoms with Crippen LogP contribution in [0.2, 0.25) is 0 Å². The Morgan fingerprint density at radius 1 is 1.19 bits per heavy atom. The van der Waals surface area contributed by atoms with Gasteiger partial charge in [0.05, 0.1) is 6.61 Å². The maximum atomic E-state index is 5.78. The van der Waals surface area contributed by atoms with Gasteiger partial charge in [-0.25, -0.2) is 0 Å². The van der Waals surface area contributed by atoms with Crippen molar-refractivity contribution in [2.75, 3.05) is 6.61 Å². The molecular formula is C14H20OS. The monoisotopic (exact) mass is 236 g/mol. The molecule has 0 aromatic heterocycles. The average Bonchev–Trinajstić information content (AvgIpc) is 2.30. The molecule has 1 fully saturated rings. The smallest absolute Gasteiger partial charge is 0.0717 e. The lowest BCUT2D eigenvalue weighted by molar-refractivity contribution is 0.0738. The molecule has 0 heterocycles. The first kappa shape index (κ1) is 12.0. The molecule has 0 aliphatic heterocycles. The third kappa shape index (κ3) is 3.84. The Morgan fingerprint density at radius 2 is 2.00 bits per heavy atom. The van der Waals surface area contributed by atoms with Gasteiger partial charge in [0.15, 0.2) is 0 Å². The lowest BCUT2D eigenvalue weighted by Crippen LogP contribution is -2.13. The molecule has 1 aliphatic rings. The van der Waals surface area contributed by atoms with Crippen molar-refractivity contribution in [2.24, 2.45) is 5.92 Å². The van der Waals surface area contributed by atoms with E-state index in [2.05, 4.69) is 24.8 Å². The molecule has 0 saturated heterocycles. The van der Waals surface area contributed by atoms with Crippen molar-refractivity contribution in [3.8, 4) is 0 Å². The van der Waals surface area contributed by atoms with Crippen LogP contribution in [0.3, 0.4) is 0 Å². The van der Waals surface area contributed by atoms with E-state index in [9.17, 15) is 0 Å². The molecule has 2 rings (SSSR count). The zero-order valence-electron chi connectivity index (χ0n) is 9.69. The molecule has 1 nitrogen and oxygen atoms in total. The van der Waals surface area contributed by atoms with Gasteiger partial charge in [-0.2, -0.15) is 0 Å². The van der Waals surface area contributed by atoms with Crippen molar-refractivity contribution < 1.29 is 4.74 Å². The summed E-state index contributed by atoms with van der Waals surface area (Å²) in [7, 11) is 0.